The highest BCUT2D eigenvalue weighted by Gasteiger charge is 2.29. The highest BCUT2D eigenvalue weighted by atomic mass is 19.1. The van der Waals surface area contributed by atoms with E-state index in [0.717, 1.165) is 12.8 Å². The number of benzene rings is 1. The van der Waals surface area contributed by atoms with Crippen molar-refractivity contribution < 1.29 is 9.18 Å². The molecule has 25 heavy (non-hydrogen) atoms. The number of anilines is 1. The number of halogens is 1. The first-order valence-corrected chi connectivity index (χ1v) is 9.30. The first-order chi connectivity index (χ1) is 12.0. The van der Waals surface area contributed by atoms with Crippen LogP contribution >= 0.6 is 0 Å². The van der Waals surface area contributed by atoms with Gasteiger partial charge in [-0.05, 0) is 51.8 Å². The molecule has 138 valence electrons. The van der Waals surface area contributed by atoms with Gasteiger partial charge in [-0.3, -0.25) is 4.90 Å². The van der Waals surface area contributed by atoms with E-state index in [0.29, 0.717) is 37.4 Å². The number of hydrogen-bond acceptors (Lipinski definition) is 3. The Kier molecular flexibility index (Phi) is 5.78. The molecule has 1 saturated carbocycles. The van der Waals surface area contributed by atoms with Crippen molar-refractivity contribution >= 4 is 11.7 Å². The second kappa shape index (κ2) is 8.04. The number of likely N-dealkylation sites (N-methyl/N-ethyl adjacent to an activating group) is 1. The summed E-state index contributed by atoms with van der Waals surface area (Å²) >= 11 is 0. The molecule has 0 bridgehead atoms. The van der Waals surface area contributed by atoms with Gasteiger partial charge >= 0.3 is 6.03 Å². The fourth-order valence-electron chi connectivity index (χ4n) is 3.36. The molecule has 1 aliphatic carbocycles. The van der Waals surface area contributed by atoms with Crippen molar-refractivity contribution in [3.8, 4) is 0 Å². The fourth-order valence-corrected chi connectivity index (χ4v) is 3.36. The van der Waals surface area contributed by atoms with E-state index in [1.165, 1.54) is 18.9 Å². The maximum Gasteiger partial charge on any atom is 0.317 e. The van der Waals surface area contributed by atoms with Gasteiger partial charge in [-0.2, -0.15) is 0 Å². The number of nitrogens with zero attached hydrogens (tertiary/aromatic N) is 2. The molecule has 0 aromatic heterocycles. The van der Waals surface area contributed by atoms with Crippen LogP contribution in [0.1, 0.15) is 32.6 Å². The summed E-state index contributed by atoms with van der Waals surface area (Å²) in [7, 11) is 2.13. The molecule has 2 amide bonds. The third-order valence-corrected chi connectivity index (χ3v) is 5.38. The smallest absolute Gasteiger partial charge is 0.317 e. The Morgan fingerprint density at radius 3 is 2.60 bits per heavy atom. The highest BCUT2D eigenvalue weighted by Crippen LogP contribution is 2.26. The van der Waals surface area contributed by atoms with Gasteiger partial charge in [0.15, 0.2) is 0 Å². The van der Waals surface area contributed by atoms with E-state index < -0.39 is 0 Å². The fraction of sp³-hybridized carbons (Fsp3) is 0.632. The van der Waals surface area contributed by atoms with Crippen LogP contribution in [0, 0.1) is 5.82 Å². The second-order valence-electron chi connectivity index (χ2n) is 7.32. The van der Waals surface area contributed by atoms with Crippen molar-refractivity contribution in [2.24, 2.45) is 0 Å². The van der Waals surface area contributed by atoms with Crippen LogP contribution in [0.5, 0.6) is 0 Å². The Balaban J connectivity index is 1.39. The standard InChI is InChI=1S/C19H29FN4O/c1-14(23(2)16-7-8-16)13-21-19(25)24-11-9-15(10-12-24)22-18-6-4-3-5-17(18)20/h3-6,14-16,22H,7-13H2,1-2H3,(H,21,25)/t14-/m1/s1. The van der Waals surface area contributed by atoms with Crippen molar-refractivity contribution in [2.75, 3.05) is 32.0 Å². The van der Waals surface area contributed by atoms with Crippen LogP contribution in [0.3, 0.4) is 0 Å². The summed E-state index contributed by atoms with van der Waals surface area (Å²) < 4.78 is 13.7. The van der Waals surface area contributed by atoms with Crippen molar-refractivity contribution in [1.82, 2.24) is 15.1 Å². The summed E-state index contributed by atoms with van der Waals surface area (Å²) in [5.41, 5.74) is 0.544. The molecule has 0 spiro atoms. The van der Waals surface area contributed by atoms with Crippen LogP contribution in [0.25, 0.3) is 0 Å². The molecule has 5 nitrogen and oxygen atoms in total. The van der Waals surface area contributed by atoms with Gasteiger partial charge in [0.1, 0.15) is 5.82 Å². The third kappa shape index (κ3) is 4.84. The van der Waals surface area contributed by atoms with Gasteiger partial charge in [0, 0.05) is 37.8 Å². The average Bonchev–Trinajstić information content (AvgIpc) is 3.46. The van der Waals surface area contributed by atoms with Crippen molar-refractivity contribution in [3.63, 3.8) is 0 Å². The van der Waals surface area contributed by atoms with Crippen molar-refractivity contribution in [3.05, 3.63) is 30.1 Å². The minimum absolute atomic E-state index is 0.0142. The van der Waals surface area contributed by atoms with Crippen LogP contribution in [0.2, 0.25) is 0 Å². The highest BCUT2D eigenvalue weighted by molar-refractivity contribution is 5.74. The van der Waals surface area contributed by atoms with Gasteiger partial charge < -0.3 is 15.5 Å². The van der Waals surface area contributed by atoms with Gasteiger partial charge in [0.2, 0.25) is 0 Å². The van der Waals surface area contributed by atoms with Gasteiger partial charge in [0.05, 0.1) is 5.69 Å². The van der Waals surface area contributed by atoms with E-state index in [2.05, 4.69) is 29.5 Å². The number of nitrogens with one attached hydrogen (secondary N) is 2. The Morgan fingerprint density at radius 1 is 1.28 bits per heavy atom. The first kappa shape index (κ1) is 18.0. The number of likely N-dealkylation sites (tertiary alicyclic amines) is 1. The molecule has 0 unspecified atom stereocenters. The summed E-state index contributed by atoms with van der Waals surface area (Å²) in [6.45, 7) is 4.23. The van der Waals surface area contributed by atoms with E-state index in [4.69, 9.17) is 0 Å². The van der Waals surface area contributed by atoms with Crippen molar-refractivity contribution in [1.29, 1.82) is 0 Å². The SMILES string of the molecule is C[C@H](CNC(=O)N1CCC(Nc2ccccc2F)CC1)N(C)C1CC1. The Morgan fingerprint density at radius 2 is 1.96 bits per heavy atom. The third-order valence-electron chi connectivity index (χ3n) is 5.38. The summed E-state index contributed by atoms with van der Waals surface area (Å²) in [6.07, 6.45) is 4.22. The Bertz CT molecular complexity index is 585. The second-order valence-corrected chi connectivity index (χ2v) is 7.32. The van der Waals surface area contributed by atoms with Crippen LogP contribution in [-0.4, -0.2) is 60.6 Å². The molecular weight excluding hydrogens is 319 g/mol. The van der Waals surface area contributed by atoms with Gasteiger partial charge in [-0.1, -0.05) is 12.1 Å². The molecule has 1 heterocycles. The lowest BCUT2D eigenvalue weighted by molar-refractivity contribution is 0.176. The van der Waals surface area contributed by atoms with E-state index >= 15 is 0 Å². The number of hydrogen-bond donors (Lipinski definition) is 2. The lowest BCUT2D eigenvalue weighted by Gasteiger charge is -2.33. The molecule has 2 N–H and O–H groups in total. The largest absolute Gasteiger partial charge is 0.380 e. The number of urea groups is 1. The van der Waals surface area contributed by atoms with Crippen molar-refractivity contribution in [2.45, 2.75) is 50.7 Å². The predicted molar refractivity (Wildman–Crippen MR) is 98.3 cm³/mol. The quantitative estimate of drug-likeness (QED) is 0.831. The zero-order chi connectivity index (χ0) is 17.8. The number of amides is 2. The molecule has 1 aromatic carbocycles. The maximum atomic E-state index is 13.7. The molecule has 6 heteroatoms. The topological polar surface area (TPSA) is 47.6 Å². The number of piperidine rings is 1. The number of carbonyl (C=O) groups excluding carboxylic acids is 1. The molecule has 1 aromatic rings. The summed E-state index contributed by atoms with van der Waals surface area (Å²) in [6, 6.07) is 8.02. The van der Waals surface area contributed by atoms with E-state index in [-0.39, 0.29) is 17.9 Å². The minimum Gasteiger partial charge on any atom is -0.380 e. The number of carbonyl (C=O) groups is 1. The summed E-state index contributed by atoms with van der Waals surface area (Å²) in [4.78, 5) is 16.6. The molecular formula is C19H29FN4O. The van der Waals surface area contributed by atoms with Gasteiger partial charge in [-0.15, -0.1) is 0 Å². The molecule has 2 fully saturated rings. The normalized spacial score (nSPS) is 19.8. The minimum atomic E-state index is -0.226. The monoisotopic (exact) mass is 348 g/mol. The van der Waals surface area contributed by atoms with Crippen LogP contribution in [0.15, 0.2) is 24.3 Å². The molecule has 1 saturated heterocycles. The average molecular weight is 348 g/mol. The first-order valence-electron chi connectivity index (χ1n) is 9.30. The lowest BCUT2D eigenvalue weighted by Crippen LogP contribution is -2.49. The summed E-state index contributed by atoms with van der Waals surface area (Å²) in [5.74, 6) is -0.226. The van der Waals surface area contributed by atoms with Gasteiger partial charge in [0.25, 0.3) is 0 Å². The summed E-state index contributed by atoms with van der Waals surface area (Å²) in [5, 5.41) is 6.31. The molecule has 1 aliphatic heterocycles. The number of rotatable bonds is 6. The molecule has 3 rings (SSSR count). The lowest BCUT2D eigenvalue weighted by atomic mass is 10.0. The Hall–Kier alpha value is -1.82. The maximum absolute atomic E-state index is 13.7. The van der Waals surface area contributed by atoms with Crippen LogP contribution in [0.4, 0.5) is 14.9 Å². The predicted octanol–water partition coefficient (Wildman–Crippen LogP) is 2.89. The van der Waals surface area contributed by atoms with Crippen LogP contribution < -0.4 is 10.6 Å². The Labute approximate surface area is 149 Å². The van der Waals surface area contributed by atoms with Gasteiger partial charge in [-0.25, -0.2) is 9.18 Å². The van der Waals surface area contributed by atoms with E-state index in [1.807, 2.05) is 11.0 Å². The zero-order valence-electron chi connectivity index (χ0n) is 15.2. The van der Waals surface area contributed by atoms with E-state index in [1.54, 1.807) is 12.1 Å². The van der Waals surface area contributed by atoms with Crippen LogP contribution in [-0.2, 0) is 0 Å². The zero-order valence-corrected chi connectivity index (χ0v) is 15.2. The number of para-hydroxylation sites is 1. The van der Waals surface area contributed by atoms with E-state index in [9.17, 15) is 9.18 Å². The molecule has 1 atom stereocenters. The molecule has 2 aliphatic rings. The molecule has 0 radical (unpaired) electrons.